The first-order valence-electron chi connectivity index (χ1n) is 6.23. The van der Waals surface area contributed by atoms with Crippen molar-refractivity contribution in [1.82, 2.24) is 14.8 Å². The Balaban J connectivity index is 2.27. The molecule has 0 atom stereocenters. The third-order valence-electron chi connectivity index (χ3n) is 3.03. The van der Waals surface area contributed by atoms with Crippen LogP contribution in [0.5, 0.6) is 0 Å². The van der Waals surface area contributed by atoms with E-state index in [1.54, 1.807) is 6.20 Å². The number of nitrogens with zero attached hydrogens (tertiary/aromatic N) is 3. The number of aryl methyl sites for hydroxylation is 3. The maximum absolute atomic E-state index is 10.5. The van der Waals surface area contributed by atoms with E-state index in [9.17, 15) is 4.79 Å². The van der Waals surface area contributed by atoms with Crippen molar-refractivity contribution in [3.63, 3.8) is 0 Å². The molecule has 0 aliphatic carbocycles. The average molecular weight is 263 g/mol. The molecule has 2 heterocycles. The molecule has 0 radical (unpaired) electrons. The fourth-order valence-corrected chi connectivity index (χ4v) is 2.12. The Labute approximate surface area is 111 Å². The predicted molar refractivity (Wildman–Crippen MR) is 68.8 cm³/mol. The predicted octanol–water partition coefficient (Wildman–Crippen LogP) is 2.19. The number of oxazole rings is 1. The van der Waals surface area contributed by atoms with Crippen molar-refractivity contribution in [2.75, 3.05) is 0 Å². The molecule has 0 bridgehead atoms. The van der Waals surface area contributed by atoms with Gasteiger partial charge in [-0.05, 0) is 20.8 Å². The monoisotopic (exact) mass is 263 g/mol. The summed E-state index contributed by atoms with van der Waals surface area (Å²) in [5.74, 6) is 0.237. The van der Waals surface area contributed by atoms with Gasteiger partial charge in [-0.2, -0.15) is 5.10 Å². The van der Waals surface area contributed by atoms with Gasteiger partial charge in [-0.1, -0.05) is 0 Å². The molecule has 1 N–H and O–H groups in total. The molecule has 0 aliphatic heterocycles. The Morgan fingerprint density at radius 3 is 2.79 bits per heavy atom. The van der Waals surface area contributed by atoms with Crippen LogP contribution in [0.1, 0.15) is 30.6 Å². The highest BCUT2D eigenvalue weighted by Gasteiger charge is 2.17. The Morgan fingerprint density at radius 1 is 1.47 bits per heavy atom. The van der Waals surface area contributed by atoms with Crippen LogP contribution in [0.3, 0.4) is 0 Å². The van der Waals surface area contributed by atoms with Gasteiger partial charge in [0.05, 0.1) is 23.9 Å². The normalized spacial score (nSPS) is 10.9. The highest BCUT2D eigenvalue weighted by atomic mass is 16.4. The first kappa shape index (κ1) is 13.3. The topological polar surface area (TPSA) is 81.2 Å². The highest BCUT2D eigenvalue weighted by molar-refractivity contribution is 5.67. The summed E-state index contributed by atoms with van der Waals surface area (Å²) in [7, 11) is 0. The second kappa shape index (κ2) is 5.26. The van der Waals surface area contributed by atoms with Crippen molar-refractivity contribution in [2.24, 2.45) is 0 Å². The van der Waals surface area contributed by atoms with Crippen LogP contribution in [-0.2, 0) is 17.8 Å². The van der Waals surface area contributed by atoms with E-state index in [2.05, 4.69) is 10.1 Å². The molecule has 0 amide bonds. The zero-order chi connectivity index (χ0) is 14.0. The number of aromatic nitrogens is 3. The van der Waals surface area contributed by atoms with Crippen molar-refractivity contribution in [1.29, 1.82) is 0 Å². The quantitative estimate of drug-likeness (QED) is 0.894. The lowest BCUT2D eigenvalue weighted by atomic mass is 10.1. The Hall–Kier alpha value is -2.11. The second-order valence-electron chi connectivity index (χ2n) is 4.37. The van der Waals surface area contributed by atoms with Crippen molar-refractivity contribution in [3.8, 4) is 11.3 Å². The standard InChI is InChI=1S/C13H17N3O3/c1-4-16-9(3)13(8(2)15-16)10-7-14-11(19-10)5-6-12(17)18/h7H,4-6H2,1-3H3,(H,17,18). The fraction of sp³-hybridized carbons (Fsp3) is 0.462. The summed E-state index contributed by atoms with van der Waals surface area (Å²) in [4.78, 5) is 14.6. The largest absolute Gasteiger partial charge is 0.481 e. The maximum atomic E-state index is 10.5. The fourth-order valence-electron chi connectivity index (χ4n) is 2.12. The molecule has 2 aromatic heterocycles. The van der Waals surface area contributed by atoms with Gasteiger partial charge < -0.3 is 9.52 Å². The number of carboxylic acids is 1. The molecule has 0 saturated heterocycles. The third kappa shape index (κ3) is 2.67. The van der Waals surface area contributed by atoms with Crippen LogP contribution in [0, 0.1) is 13.8 Å². The molecular formula is C13H17N3O3. The summed E-state index contributed by atoms with van der Waals surface area (Å²) < 4.78 is 7.52. The molecule has 2 rings (SSSR count). The lowest BCUT2D eigenvalue weighted by molar-refractivity contribution is -0.137. The van der Waals surface area contributed by atoms with Crippen molar-refractivity contribution in [3.05, 3.63) is 23.5 Å². The van der Waals surface area contributed by atoms with E-state index < -0.39 is 5.97 Å². The zero-order valence-electron chi connectivity index (χ0n) is 11.3. The van der Waals surface area contributed by atoms with Gasteiger partial charge in [0.15, 0.2) is 11.7 Å². The third-order valence-corrected chi connectivity index (χ3v) is 3.03. The maximum Gasteiger partial charge on any atom is 0.303 e. The van der Waals surface area contributed by atoms with Crippen molar-refractivity contribution in [2.45, 2.75) is 40.2 Å². The molecule has 6 heteroatoms. The van der Waals surface area contributed by atoms with Crippen LogP contribution in [0.25, 0.3) is 11.3 Å². The number of carbonyl (C=O) groups is 1. The smallest absolute Gasteiger partial charge is 0.303 e. The van der Waals surface area contributed by atoms with Gasteiger partial charge in [0.2, 0.25) is 0 Å². The molecule has 0 aromatic carbocycles. The Morgan fingerprint density at radius 2 is 2.21 bits per heavy atom. The van der Waals surface area contributed by atoms with Gasteiger partial charge in [0, 0.05) is 18.7 Å². The van der Waals surface area contributed by atoms with E-state index in [0.29, 0.717) is 18.1 Å². The average Bonchev–Trinajstić information content (AvgIpc) is 2.91. The number of carboxylic acid groups (broad SMARTS) is 1. The first-order valence-corrected chi connectivity index (χ1v) is 6.23. The summed E-state index contributed by atoms with van der Waals surface area (Å²) in [6.45, 7) is 6.74. The number of rotatable bonds is 5. The molecule has 102 valence electrons. The van der Waals surface area contributed by atoms with Gasteiger partial charge >= 0.3 is 5.97 Å². The van der Waals surface area contributed by atoms with Crippen LogP contribution in [0.4, 0.5) is 0 Å². The van der Waals surface area contributed by atoms with E-state index in [1.807, 2.05) is 25.5 Å². The molecule has 0 spiro atoms. The number of hydrogen-bond acceptors (Lipinski definition) is 4. The lowest BCUT2D eigenvalue weighted by Crippen LogP contribution is -1.98. The van der Waals surface area contributed by atoms with Crippen molar-refractivity contribution < 1.29 is 14.3 Å². The van der Waals surface area contributed by atoms with E-state index in [1.165, 1.54) is 0 Å². The van der Waals surface area contributed by atoms with E-state index in [-0.39, 0.29) is 6.42 Å². The number of hydrogen-bond donors (Lipinski definition) is 1. The van der Waals surface area contributed by atoms with E-state index in [0.717, 1.165) is 23.5 Å². The molecule has 19 heavy (non-hydrogen) atoms. The first-order chi connectivity index (χ1) is 9.02. The van der Waals surface area contributed by atoms with Crippen LogP contribution >= 0.6 is 0 Å². The van der Waals surface area contributed by atoms with Gasteiger partial charge in [-0.3, -0.25) is 9.48 Å². The van der Waals surface area contributed by atoms with E-state index >= 15 is 0 Å². The summed E-state index contributed by atoms with van der Waals surface area (Å²) in [5, 5.41) is 13.1. The summed E-state index contributed by atoms with van der Waals surface area (Å²) in [6, 6.07) is 0. The second-order valence-corrected chi connectivity index (χ2v) is 4.37. The minimum Gasteiger partial charge on any atom is -0.481 e. The highest BCUT2D eigenvalue weighted by Crippen LogP contribution is 2.27. The summed E-state index contributed by atoms with van der Waals surface area (Å²) in [6.07, 6.45) is 1.95. The minimum absolute atomic E-state index is 0.0200. The minimum atomic E-state index is -0.856. The summed E-state index contributed by atoms with van der Waals surface area (Å²) in [5.41, 5.74) is 2.86. The molecule has 0 fully saturated rings. The van der Waals surface area contributed by atoms with Gasteiger partial charge in [0.1, 0.15) is 0 Å². The summed E-state index contributed by atoms with van der Waals surface area (Å²) >= 11 is 0. The van der Waals surface area contributed by atoms with Gasteiger partial charge in [0.25, 0.3) is 0 Å². The van der Waals surface area contributed by atoms with Crippen LogP contribution in [0.15, 0.2) is 10.6 Å². The molecule has 0 unspecified atom stereocenters. The van der Waals surface area contributed by atoms with Crippen molar-refractivity contribution >= 4 is 5.97 Å². The van der Waals surface area contributed by atoms with Crippen LogP contribution < -0.4 is 0 Å². The Bertz CT molecular complexity index is 598. The van der Waals surface area contributed by atoms with Crippen LogP contribution in [-0.4, -0.2) is 25.8 Å². The number of aliphatic carboxylic acids is 1. The molecule has 0 saturated carbocycles. The van der Waals surface area contributed by atoms with Gasteiger partial charge in [-0.25, -0.2) is 4.98 Å². The van der Waals surface area contributed by atoms with E-state index in [4.69, 9.17) is 9.52 Å². The zero-order valence-corrected chi connectivity index (χ0v) is 11.3. The SMILES string of the molecule is CCn1nc(C)c(-c2cnc(CCC(=O)O)o2)c1C. The molecule has 0 aliphatic rings. The lowest BCUT2D eigenvalue weighted by Gasteiger charge is -1.99. The molecule has 2 aromatic rings. The van der Waals surface area contributed by atoms with Gasteiger partial charge in [-0.15, -0.1) is 0 Å². The molecular weight excluding hydrogens is 246 g/mol. The molecule has 6 nitrogen and oxygen atoms in total. The Kier molecular flexibility index (Phi) is 3.69. The van der Waals surface area contributed by atoms with Crippen LogP contribution in [0.2, 0.25) is 0 Å².